The number of likely N-dealkylation sites (tertiary alicyclic amines) is 1. The normalized spacial score (nSPS) is 18.2. The lowest BCUT2D eigenvalue weighted by molar-refractivity contribution is -0.130. The SMILES string of the molecule is CC1(C#CC(=O)O)CCN(C(=O)OC(C)(C)C)CC1. The molecule has 1 rings (SSSR count). The van der Waals surface area contributed by atoms with Gasteiger partial charge in [0.05, 0.1) is 0 Å². The van der Waals surface area contributed by atoms with Crippen LogP contribution in [0.25, 0.3) is 0 Å². The number of carboxylic acids is 1. The molecule has 1 saturated heterocycles. The van der Waals surface area contributed by atoms with Gasteiger partial charge in [0.2, 0.25) is 0 Å². The molecule has 0 aromatic carbocycles. The maximum atomic E-state index is 11.9. The third-order valence-corrected chi connectivity index (χ3v) is 2.99. The van der Waals surface area contributed by atoms with E-state index in [-0.39, 0.29) is 11.5 Å². The van der Waals surface area contributed by atoms with E-state index in [9.17, 15) is 9.59 Å². The third kappa shape index (κ3) is 5.21. The number of carboxylic acid groups (broad SMARTS) is 1. The van der Waals surface area contributed by atoms with E-state index in [1.807, 2.05) is 27.7 Å². The zero-order chi connectivity index (χ0) is 14.7. The molecular formula is C14H21NO4. The maximum absolute atomic E-state index is 11.9. The number of ether oxygens (including phenoxy) is 1. The minimum Gasteiger partial charge on any atom is -0.472 e. The van der Waals surface area contributed by atoms with Gasteiger partial charge in [-0.25, -0.2) is 9.59 Å². The van der Waals surface area contributed by atoms with Crippen LogP contribution in [0.2, 0.25) is 0 Å². The first-order chi connectivity index (χ1) is 8.61. The van der Waals surface area contributed by atoms with Crippen molar-refractivity contribution in [1.29, 1.82) is 0 Å². The molecule has 0 radical (unpaired) electrons. The summed E-state index contributed by atoms with van der Waals surface area (Å²) in [5.74, 6) is 3.83. The molecule has 1 aliphatic rings. The first-order valence-corrected chi connectivity index (χ1v) is 6.35. The quantitative estimate of drug-likeness (QED) is 0.683. The second-order valence-corrected chi connectivity index (χ2v) is 6.08. The summed E-state index contributed by atoms with van der Waals surface area (Å²) < 4.78 is 5.30. The van der Waals surface area contributed by atoms with Crippen molar-refractivity contribution in [3.05, 3.63) is 0 Å². The minimum atomic E-state index is -1.12. The maximum Gasteiger partial charge on any atom is 0.410 e. The average Bonchev–Trinajstić information content (AvgIpc) is 2.25. The van der Waals surface area contributed by atoms with Crippen LogP contribution < -0.4 is 0 Å². The summed E-state index contributed by atoms with van der Waals surface area (Å²) in [4.78, 5) is 24.0. The first-order valence-electron chi connectivity index (χ1n) is 6.35. The Hall–Kier alpha value is -1.70. The van der Waals surface area contributed by atoms with Gasteiger partial charge < -0.3 is 14.7 Å². The van der Waals surface area contributed by atoms with Crippen LogP contribution in [-0.2, 0) is 9.53 Å². The van der Waals surface area contributed by atoms with E-state index in [0.717, 1.165) is 0 Å². The van der Waals surface area contributed by atoms with Crippen LogP contribution in [0.1, 0.15) is 40.5 Å². The second kappa shape index (κ2) is 5.52. The highest BCUT2D eigenvalue weighted by Crippen LogP contribution is 2.30. The van der Waals surface area contributed by atoms with Gasteiger partial charge in [-0.2, -0.15) is 0 Å². The lowest BCUT2D eigenvalue weighted by Crippen LogP contribution is -2.44. The molecule has 1 heterocycles. The Labute approximate surface area is 113 Å². The Morgan fingerprint density at radius 2 is 1.79 bits per heavy atom. The second-order valence-electron chi connectivity index (χ2n) is 6.08. The monoisotopic (exact) mass is 267 g/mol. The number of amides is 1. The summed E-state index contributed by atoms with van der Waals surface area (Å²) in [6.07, 6.45) is 1.000. The highest BCUT2D eigenvalue weighted by atomic mass is 16.6. The van der Waals surface area contributed by atoms with E-state index in [4.69, 9.17) is 9.84 Å². The zero-order valence-electron chi connectivity index (χ0n) is 11.9. The molecule has 1 N–H and O–H groups in total. The van der Waals surface area contributed by atoms with Crippen LogP contribution in [0, 0.1) is 17.3 Å². The number of hydrogen-bond acceptors (Lipinski definition) is 3. The molecule has 5 nitrogen and oxygen atoms in total. The number of rotatable bonds is 0. The molecule has 5 heteroatoms. The molecule has 0 atom stereocenters. The summed E-state index contributed by atoms with van der Waals surface area (Å²) in [5, 5.41) is 8.57. The number of hydrogen-bond donors (Lipinski definition) is 1. The molecule has 0 saturated carbocycles. The van der Waals surface area contributed by atoms with Crippen LogP contribution in [0.15, 0.2) is 0 Å². The minimum absolute atomic E-state index is 0.319. The Morgan fingerprint density at radius 3 is 2.21 bits per heavy atom. The largest absolute Gasteiger partial charge is 0.472 e. The number of piperidine rings is 1. The van der Waals surface area contributed by atoms with Crippen molar-refractivity contribution < 1.29 is 19.4 Å². The van der Waals surface area contributed by atoms with Gasteiger partial charge in [-0.1, -0.05) is 5.92 Å². The van der Waals surface area contributed by atoms with Crippen molar-refractivity contribution >= 4 is 12.1 Å². The molecule has 1 fully saturated rings. The molecule has 0 aromatic rings. The highest BCUT2D eigenvalue weighted by molar-refractivity contribution is 5.86. The molecule has 0 unspecified atom stereocenters. The van der Waals surface area contributed by atoms with Crippen molar-refractivity contribution in [2.45, 2.75) is 46.1 Å². The van der Waals surface area contributed by atoms with Gasteiger partial charge >= 0.3 is 12.1 Å². The van der Waals surface area contributed by atoms with Gasteiger partial charge in [-0.15, -0.1) is 0 Å². The van der Waals surface area contributed by atoms with Crippen molar-refractivity contribution in [3.63, 3.8) is 0 Å². The Balaban J connectivity index is 2.56. The molecule has 0 aromatic heterocycles. The molecule has 106 valence electrons. The van der Waals surface area contributed by atoms with Gasteiger partial charge in [0.1, 0.15) is 5.60 Å². The van der Waals surface area contributed by atoms with Crippen molar-refractivity contribution in [2.24, 2.45) is 5.41 Å². The summed E-state index contributed by atoms with van der Waals surface area (Å²) >= 11 is 0. The molecule has 1 amide bonds. The molecule has 0 bridgehead atoms. The van der Waals surface area contributed by atoms with Crippen LogP contribution in [0.5, 0.6) is 0 Å². The predicted molar refractivity (Wildman–Crippen MR) is 70.6 cm³/mol. The third-order valence-electron chi connectivity index (χ3n) is 2.99. The lowest BCUT2D eigenvalue weighted by atomic mass is 9.81. The Bertz CT molecular complexity index is 417. The molecule has 0 aliphatic carbocycles. The van der Waals surface area contributed by atoms with Gasteiger partial charge in [0.25, 0.3) is 0 Å². The van der Waals surface area contributed by atoms with Crippen LogP contribution in [-0.4, -0.2) is 40.8 Å². The van der Waals surface area contributed by atoms with E-state index in [1.54, 1.807) is 4.90 Å². The summed E-state index contributed by atoms with van der Waals surface area (Å²) in [6.45, 7) is 8.50. The number of carbonyl (C=O) groups is 2. The molecular weight excluding hydrogens is 246 g/mol. The first kappa shape index (κ1) is 15.4. The summed E-state index contributed by atoms with van der Waals surface area (Å²) in [5.41, 5.74) is -0.835. The zero-order valence-corrected chi connectivity index (χ0v) is 11.9. The van der Waals surface area contributed by atoms with Crippen molar-refractivity contribution in [3.8, 4) is 11.8 Å². The van der Waals surface area contributed by atoms with E-state index < -0.39 is 11.6 Å². The predicted octanol–water partition coefficient (Wildman–Crippen LogP) is 2.11. The molecule has 1 aliphatic heterocycles. The lowest BCUT2D eigenvalue weighted by Gasteiger charge is -2.36. The van der Waals surface area contributed by atoms with Gasteiger partial charge in [0.15, 0.2) is 0 Å². The van der Waals surface area contributed by atoms with Crippen LogP contribution in [0.3, 0.4) is 0 Å². The van der Waals surface area contributed by atoms with Gasteiger partial charge in [-0.05, 0) is 40.5 Å². The molecule has 19 heavy (non-hydrogen) atoms. The van der Waals surface area contributed by atoms with E-state index in [1.165, 1.54) is 0 Å². The van der Waals surface area contributed by atoms with Crippen LogP contribution >= 0.6 is 0 Å². The Morgan fingerprint density at radius 1 is 1.26 bits per heavy atom. The van der Waals surface area contributed by atoms with Crippen molar-refractivity contribution in [2.75, 3.05) is 13.1 Å². The highest BCUT2D eigenvalue weighted by Gasteiger charge is 2.32. The van der Waals surface area contributed by atoms with Gasteiger partial charge in [-0.3, -0.25) is 0 Å². The standard InChI is InChI=1S/C14H21NO4/c1-13(2,3)19-12(18)15-9-7-14(4,8-10-15)6-5-11(16)17/h7-10H2,1-4H3,(H,16,17). The number of nitrogens with zero attached hydrogens (tertiary/aromatic N) is 1. The van der Waals surface area contributed by atoms with E-state index in [2.05, 4.69) is 11.8 Å². The van der Waals surface area contributed by atoms with Crippen LogP contribution in [0.4, 0.5) is 4.79 Å². The molecule has 0 spiro atoms. The fourth-order valence-corrected chi connectivity index (χ4v) is 1.84. The average molecular weight is 267 g/mol. The van der Waals surface area contributed by atoms with E-state index in [0.29, 0.717) is 25.9 Å². The van der Waals surface area contributed by atoms with Crippen molar-refractivity contribution in [1.82, 2.24) is 4.90 Å². The number of carbonyl (C=O) groups excluding carboxylic acids is 1. The Kier molecular flexibility index (Phi) is 4.46. The topological polar surface area (TPSA) is 66.8 Å². The summed E-state index contributed by atoms with van der Waals surface area (Å²) in [7, 11) is 0. The van der Waals surface area contributed by atoms with E-state index >= 15 is 0 Å². The summed E-state index contributed by atoms with van der Waals surface area (Å²) in [6, 6.07) is 0. The fourth-order valence-electron chi connectivity index (χ4n) is 1.84. The number of aliphatic carboxylic acids is 1. The van der Waals surface area contributed by atoms with Gasteiger partial charge in [0, 0.05) is 24.4 Å². The fraction of sp³-hybridized carbons (Fsp3) is 0.714. The smallest absolute Gasteiger partial charge is 0.410 e.